The molecule has 0 saturated carbocycles. The van der Waals surface area contributed by atoms with Gasteiger partial charge in [0.05, 0.1) is 12.0 Å². The first kappa shape index (κ1) is 8.48. The predicted octanol–water partition coefficient (Wildman–Crippen LogP) is 3.39. The number of nitrogens with zero attached hydrogens (tertiary/aromatic N) is 1. The van der Waals surface area contributed by atoms with Crippen molar-refractivity contribution in [1.82, 2.24) is 0 Å². The van der Waals surface area contributed by atoms with E-state index in [4.69, 9.17) is 4.74 Å². The van der Waals surface area contributed by atoms with E-state index in [1.807, 2.05) is 30.5 Å². The monoisotopic (exact) mass is 197 g/mol. The summed E-state index contributed by atoms with van der Waals surface area (Å²) >= 11 is 0. The zero-order valence-electron chi connectivity index (χ0n) is 8.31. The van der Waals surface area contributed by atoms with Gasteiger partial charge in [-0.25, -0.2) is 4.99 Å². The minimum atomic E-state index is 0.834. The van der Waals surface area contributed by atoms with Crippen molar-refractivity contribution in [3.05, 3.63) is 48.3 Å². The summed E-state index contributed by atoms with van der Waals surface area (Å²) in [7, 11) is 0. The molecule has 2 aliphatic rings. The molecular formula is C13H11NO. The molecule has 1 aromatic rings. The van der Waals surface area contributed by atoms with Crippen LogP contribution >= 0.6 is 0 Å². The van der Waals surface area contributed by atoms with Crippen LogP contribution in [0.3, 0.4) is 0 Å². The smallest absolute Gasteiger partial charge is 0.152 e. The number of rotatable bonds is 0. The second-order valence-corrected chi connectivity index (χ2v) is 3.67. The lowest BCUT2D eigenvalue weighted by Gasteiger charge is -2.08. The van der Waals surface area contributed by atoms with Gasteiger partial charge in [-0.15, -0.1) is 0 Å². The molecule has 0 fully saturated rings. The Morgan fingerprint density at radius 3 is 3.13 bits per heavy atom. The van der Waals surface area contributed by atoms with E-state index in [1.165, 1.54) is 5.57 Å². The van der Waals surface area contributed by atoms with Gasteiger partial charge >= 0.3 is 0 Å². The van der Waals surface area contributed by atoms with Gasteiger partial charge in [-0.3, -0.25) is 0 Å². The Hall–Kier alpha value is -1.83. The molecule has 2 heteroatoms. The lowest BCUT2D eigenvalue weighted by Crippen LogP contribution is -2.03. The number of allylic oxidation sites excluding steroid dienone is 3. The zero-order valence-corrected chi connectivity index (χ0v) is 8.31. The van der Waals surface area contributed by atoms with Crippen LogP contribution in [0.15, 0.2) is 53.2 Å². The summed E-state index contributed by atoms with van der Waals surface area (Å²) in [5, 5.41) is 0. The Labute approximate surface area is 88.6 Å². The van der Waals surface area contributed by atoms with Crippen LogP contribution in [0.25, 0.3) is 0 Å². The number of para-hydroxylation sites is 2. The standard InChI is InChI=1S/C13H11NO/c1-2-6-11-10(5-1)9-15-13-8-4-3-7-12(13)14-11/h2-4,6-9H,1,5H2. The molecule has 2 nitrogen and oxygen atoms in total. The zero-order chi connectivity index (χ0) is 10.1. The molecule has 0 atom stereocenters. The fourth-order valence-electron chi connectivity index (χ4n) is 1.81. The molecule has 0 radical (unpaired) electrons. The highest BCUT2D eigenvalue weighted by molar-refractivity contribution is 6.10. The number of hydrogen-bond donors (Lipinski definition) is 0. The molecule has 0 amide bonds. The second-order valence-electron chi connectivity index (χ2n) is 3.67. The number of hydrogen-bond acceptors (Lipinski definition) is 2. The van der Waals surface area contributed by atoms with Crippen molar-refractivity contribution in [1.29, 1.82) is 0 Å². The van der Waals surface area contributed by atoms with Gasteiger partial charge in [-0.05, 0) is 31.1 Å². The maximum Gasteiger partial charge on any atom is 0.152 e. The third kappa shape index (κ3) is 1.48. The summed E-state index contributed by atoms with van der Waals surface area (Å²) < 4.78 is 5.61. The van der Waals surface area contributed by atoms with Crippen LogP contribution in [-0.2, 0) is 0 Å². The molecule has 0 unspecified atom stereocenters. The normalized spacial score (nSPS) is 17.9. The van der Waals surface area contributed by atoms with Crippen LogP contribution < -0.4 is 4.74 Å². The highest BCUT2D eigenvalue weighted by Crippen LogP contribution is 2.32. The first-order valence-electron chi connectivity index (χ1n) is 5.14. The van der Waals surface area contributed by atoms with Crippen LogP contribution in [0.1, 0.15) is 12.8 Å². The van der Waals surface area contributed by atoms with Crippen molar-refractivity contribution in [2.75, 3.05) is 0 Å². The highest BCUT2D eigenvalue weighted by Gasteiger charge is 2.13. The maximum absolute atomic E-state index is 5.61. The van der Waals surface area contributed by atoms with Crippen LogP contribution in [-0.4, -0.2) is 5.71 Å². The third-order valence-corrected chi connectivity index (χ3v) is 2.62. The summed E-state index contributed by atoms with van der Waals surface area (Å²) in [5.74, 6) is 0.834. The number of aliphatic imine (C=N–C) groups is 1. The Kier molecular flexibility index (Phi) is 1.91. The van der Waals surface area contributed by atoms with E-state index >= 15 is 0 Å². The van der Waals surface area contributed by atoms with Crippen LogP contribution in [0, 0.1) is 0 Å². The highest BCUT2D eigenvalue weighted by atomic mass is 16.5. The maximum atomic E-state index is 5.61. The van der Waals surface area contributed by atoms with Crippen molar-refractivity contribution in [3.63, 3.8) is 0 Å². The number of benzene rings is 1. The van der Waals surface area contributed by atoms with E-state index in [0.29, 0.717) is 0 Å². The molecule has 0 saturated heterocycles. The van der Waals surface area contributed by atoms with E-state index in [1.54, 1.807) is 0 Å². The van der Waals surface area contributed by atoms with Crippen molar-refractivity contribution in [2.45, 2.75) is 12.8 Å². The first-order valence-corrected chi connectivity index (χ1v) is 5.14. The van der Waals surface area contributed by atoms with E-state index in [-0.39, 0.29) is 0 Å². The van der Waals surface area contributed by atoms with Crippen molar-refractivity contribution >= 4 is 11.4 Å². The fourth-order valence-corrected chi connectivity index (χ4v) is 1.81. The van der Waals surface area contributed by atoms with Crippen LogP contribution in [0.5, 0.6) is 5.75 Å². The third-order valence-electron chi connectivity index (χ3n) is 2.62. The quantitative estimate of drug-likeness (QED) is 0.624. The summed E-state index contributed by atoms with van der Waals surface area (Å²) in [4.78, 5) is 4.60. The van der Waals surface area contributed by atoms with Crippen molar-refractivity contribution in [2.24, 2.45) is 4.99 Å². The largest absolute Gasteiger partial charge is 0.462 e. The molecule has 1 heterocycles. The minimum Gasteiger partial charge on any atom is -0.462 e. The molecule has 1 aliphatic carbocycles. The topological polar surface area (TPSA) is 21.6 Å². The van der Waals surface area contributed by atoms with Gasteiger partial charge in [0.15, 0.2) is 5.75 Å². The molecule has 1 aromatic carbocycles. The summed E-state index contributed by atoms with van der Waals surface area (Å²) in [6.07, 6.45) is 8.15. The Balaban J connectivity index is 2.15. The summed E-state index contributed by atoms with van der Waals surface area (Å²) in [6.45, 7) is 0. The molecule has 0 aromatic heterocycles. The van der Waals surface area contributed by atoms with Gasteiger partial charge in [0, 0.05) is 5.57 Å². The first-order chi connectivity index (χ1) is 7.43. The van der Waals surface area contributed by atoms with Gasteiger partial charge in [-0.2, -0.15) is 0 Å². The lowest BCUT2D eigenvalue weighted by molar-refractivity contribution is 0.479. The Morgan fingerprint density at radius 1 is 1.20 bits per heavy atom. The predicted molar refractivity (Wildman–Crippen MR) is 60.6 cm³/mol. The Morgan fingerprint density at radius 2 is 2.13 bits per heavy atom. The average molecular weight is 197 g/mol. The van der Waals surface area contributed by atoms with Crippen LogP contribution in [0.2, 0.25) is 0 Å². The van der Waals surface area contributed by atoms with Crippen molar-refractivity contribution in [3.8, 4) is 5.75 Å². The van der Waals surface area contributed by atoms with E-state index in [9.17, 15) is 0 Å². The van der Waals surface area contributed by atoms with E-state index < -0.39 is 0 Å². The number of ether oxygens (including phenoxy) is 1. The van der Waals surface area contributed by atoms with Crippen LogP contribution in [0.4, 0.5) is 5.69 Å². The second kappa shape index (κ2) is 3.39. The van der Waals surface area contributed by atoms with Gasteiger partial charge in [0.1, 0.15) is 5.69 Å². The van der Waals surface area contributed by atoms with Gasteiger partial charge in [-0.1, -0.05) is 18.2 Å². The fraction of sp³-hybridized carbons (Fsp3) is 0.154. The molecular weight excluding hydrogens is 186 g/mol. The SMILES string of the molecule is C1=CC2=Nc3ccccc3OC=C2CC1. The lowest BCUT2D eigenvalue weighted by atomic mass is 10.0. The molecule has 0 bridgehead atoms. The average Bonchev–Trinajstić information content (AvgIpc) is 2.48. The molecule has 0 spiro atoms. The molecule has 1 aliphatic heterocycles. The van der Waals surface area contributed by atoms with Gasteiger partial charge in [0.25, 0.3) is 0 Å². The minimum absolute atomic E-state index is 0.834. The van der Waals surface area contributed by atoms with Gasteiger partial charge in [0.2, 0.25) is 0 Å². The number of fused-ring (bicyclic) bond motifs is 2. The molecule has 0 N–H and O–H groups in total. The molecule has 15 heavy (non-hydrogen) atoms. The Bertz CT molecular complexity index is 483. The summed E-state index contributed by atoms with van der Waals surface area (Å²) in [5.41, 5.74) is 3.13. The van der Waals surface area contributed by atoms with E-state index in [0.717, 1.165) is 30.0 Å². The van der Waals surface area contributed by atoms with Gasteiger partial charge < -0.3 is 4.74 Å². The molecule has 74 valence electrons. The summed E-state index contributed by atoms with van der Waals surface area (Å²) in [6, 6.07) is 7.85. The molecule has 3 rings (SSSR count). The van der Waals surface area contributed by atoms with E-state index in [2.05, 4.69) is 17.1 Å². The van der Waals surface area contributed by atoms with Crippen molar-refractivity contribution < 1.29 is 4.74 Å².